The van der Waals surface area contributed by atoms with E-state index in [1.165, 1.54) is 193 Å². The molecule has 0 radical (unpaired) electrons. The maximum absolute atomic E-state index is 11.6. The van der Waals surface area contributed by atoms with Gasteiger partial charge in [0.15, 0.2) is 0 Å². The third-order valence-corrected chi connectivity index (χ3v) is 9.12. The summed E-state index contributed by atoms with van der Waals surface area (Å²) in [5.74, 6) is 0.0205. The lowest BCUT2D eigenvalue weighted by Crippen LogP contribution is -2.16. The molecule has 0 aromatic carbocycles. The first-order valence-electron chi connectivity index (χ1n) is 20.8. The molecule has 4 heteroatoms. The Kier molecular flexibility index (Phi) is 44.4. The molecule has 0 atom stereocenters. The fraction of sp³-hybridized carbons (Fsp3) is 0.905. The molecule has 0 saturated heterocycles. The maximum Gasteiger partial charge on any atom is 0.223 e. The fourth-order valence-corrected chi connectivity index (χ4v) is 5.96. The molecule has 0 saturated carbocycles. The highest BCUT2D eigenvalue weighted by Crippen LogP contribution is 2.15. The summed E-state index contributed by atoms with van der Waals surface area (Å²) in [4.78, 5) is 22.2. The third kappa shape index (κ3) is 47.1. The van der Waals surface area contributed by atoms with Crippen LogP contribution in [-0.2, 0) is 9.59 Å². The van der Waals surface area contributed by atoms with Crippen LogP contribution in [0.5, 0.6) is 0 Å². The number of amides is 2. The monoisotopic (exact) mass is 649 g/mol. The average molecular weight is 649 g/mol. The van der Waals surface area contributed by atoms with Gasteiger partial charge in [0.2, 0.25) is 11.8 Å². The molecule has 274 valence electrons. The topological polar surface area (TPSA) is 72.2 Å². The van der Waals surface area contributed by atoms with E-state index >= 15 is 0 Å². The normalized spacial score (nSPS) is 11.1. The lowest BCUT2D eigenvalue weighted by molar-refractivity contribution is -0.120. The molecule has 46 heavy (non-hydrogen) atoms. The number of nitrogens with one attached hydrogen (secondary N) is 1. The first-order chi connectivity index (χ1) is 22.6. The van der Waals surface area contributed by atoms with Crippen molar-refractivity contribution in [1.29, 1.82) is 0 Å². The third-order valence-electron chi connectivity index (χ3n) is 9.12. The Bertz CT molecular complexity index is 619. The van der Waals surface area contributed by atoms with Gasteiger partial charge >= 0.3 is 0 Å². The SMILES string of the molecule is CCCCC=CNC(=O)CCCCCCCCCCCCCCCCC.CCCCCCCCCCCCCCCCCC(N)=O. The van der Waals surface area contributed by atoms with E-state index in [1.54, 1.807) is 0 Å². The van der Waals surface area contributed by atoms with Gasteiger partial charge in [-0.3, -0.25) is 9.59 Å². The Morgan fingerprint density at radius 2 is 0.696 bits per heavy atom. The maximum atomic E-state index is 11.6. The van der Waals surface area contributed by atoms with Gasteiger partial charge in [0.1, 0.15) is 0 Å². The van der Waals surface area contributed by atoms with Crippen LogP contribution in [0.1, 0.15) is 245 Å². The molecule has 0 fully saturated rings. The van der Waals surface area contributed by atoms with E-state index < -0.39 is 0 Å². The summed E-state index contributed by atoms with van der Waals surface area (Å²) >= 11 is 0. The van der Waals surface area contributed by atoms with Gasteiger partial charge < -0.3 is 11.1 Å². The van der Waals surface area contributed by atoms with Crippen LogP contribution >= 0.6 is 0 Å². The second kappa shape index (κ2) is 43.7. The standard InChI is InChI=1S/C24H47NO.C18H37NO/c1-3-5-7-9-10-11-12-13-14-15-16-17-18-19-20-22-24(26)25-23-21-8-6-4-2;1-2-3-4-5-6-7-8-9-10-11-12-13-14-15-16-17-18(19)20/h21,23H,3-20,22H2,1-2H3,(H,25,26);2-17H2,1H3,(H2,19,20). The number of rotatable bonds is 36. The molecule has 4 nitrogen and oxygen atoms in total. The first kappa shape index (κ1) is 46.8. The van der Waals surface area contributed by atoms with Crippen LogP contribution in [0.15, 0.2) is 12.3 Å². The Morgan fingerprint density at radius 1 is 0.413 bits per heavy atom. The molecule has 0 unspecified atom stereocenters. The zero-order valence-corrected chi connectivity index (χ0v) is 31.8. The highest BCUT2D eigenvalue weighted by molar-refractivity contribution is 5.76. The Hall–Kier alpha value is -1.32. The largest absolute Gasteiger partial charge is 0.370 e. The zero-order chi connectivity index (χ0) is 34.0. The van der Waals surface area contributed by atoms with Crippen molar-refractivity contribution < 1.29 is 9.59 Å². The first-order valence-corrected chi connectivity index (χ1v) is 20.8. The van der Waals surface area contributed by atoms with Crippen molar-refractivity contribution >= 4 is 11.8 Å². The minimum atomic E-state index is -0.153. The van der Waals surface area contributed by atoms with Crippen LogP contribution in [0.3, 0.4) is 0 Å². The number of allylic oxidation sites excluding steroid dienone is 1. The van der Waals surface area contributed by atoms with Crippen LogP contribution in [0.25, 0.3) is 0 Å². The van der Waals surface area contributed by atoms with E-state index in [4.69, 9.17) is 5.73 Å². The number of hydrogen-bond donors (Lipinski definition) is 2. The molecule has 0 aliphatic rings. The lowest BCUT2D eigenvalue weighted by Gasteiger charge is -2.03. The molecule has 0 aliphatic heterocycles. The molecule has 0 aromatic heterocycles. The van der Waals surface area contributed by atoms with Gasteiger partial charge in [-0.05, 0) is 25.5 Å². The van der Waals surface area contributed by atoms with Crippen LogP contribution in [0.2, 0.25) is 0 Å². The minimum absolute atomic E-state index is 0.153. The second-order valence-electron chi connectivity index (χ2n) is 14.0. The molecule has 0 rings (SSSR count). The van der Waals surface area contributed by atoms with Gasteiger partial charge in [0.25, 0.3) is 0 Å². The number of nitrogens with two attached hydrogens (primary N) is 1. The predicted molar refractivity (Wildman–Crippen MR) is 205 cm³/mol. The smallest absolute Gasteiger partial charge is 0.223 e. The van der Waals surface area contributed by atoms with Gasteiger partial charge in [-0.25, -0.2) is 0 Å². The Balaban J connectivity index is 0. The van der Waals surface area contributed by atoms with Crippen LogP contribution in [0.4, 0.5) is 0 Å². The molecule has 0 aliphatic carbocycles. The highest BCUT2D eigenvalue weighted by atomic mass is 16.1. The van der Waals surface area contributed by atoms with Gasteiger partial charge in [-0.1, -0.05) is 219 Å². The number of unbranched alkanes of at least 4 members (excludes halogenated alkanes) is 30. The van der Waals surface area contributed by atoms with E-state index in [9.17, 15) is 9.59 Å². The molecule has 0 heterocycles. The van der Waals surface area contributed by atoms with E-state index in [2.05, 4.69) is 32.2 Å². The number of carbonyl (C=O) groups is 2. The summed E-state index contributed by atoms with van der Waals surface area (Å²) in [7, 11) is 0. The summed E-state index contributed by atoms with van der Waals surface area (Å²) in [6.07, 6.45) is 49.4. The summed E-state index contributed by atoms with van der Waals surface area (Å²) in [6, 6.07) is 0. The van der Waals surface area contributed by atoms with Crippen LogP contribution in [0, 0.1) is 0 Å². The van der Waals surface area contributed by atoms with Crippen LogP contribution < -0.4 is 11.1 Å². The summed E-state index contributed by atoms with van der Waals surface area (Å²) in [6.45, 7) is 6.74. The molecule has 2 amide bonds. The van der Waals surface area contributed by atoms with Crippen molar-refractivity contribution in [2.75, 3.05) is 0 Å². The fourth-order valence-electron chi connectivity index (χ4n) is 5.96. The molecule has 0 spiro atoms. The molecule has 3 N–H and O–H groups in total. The van der Waals surface area contributed by atoms with Crippen molar-refractivity contribution in [2.45, 2.75) is 245 Å². The van der Waals surface area contributed by atoms with Crippen molar-refractivity contribution in [3.63, 3.8) is 0 Å². The minimum Gasteiger partial charge on any atom is -0.370 e. The quantitative estimate of drug-likeness (QED) is 0.0663. The lowest BCUT2D eigenvalue weighted by atomic mass is 10.0. The highest BCUT2D eigenvalue weighted by Gasteiger charge is 1.99. The van der Waals surface area contributed by atoms with Crippen molar-refractivity contribution in [1.82, 2.24) is 5.32 Å². The molecular formula is C42H84N2O2. The van der Waals surface area contributed by atoms with Gasteiger partial charge in [0.05, 0.1) is 0 Å². The average Bonchev–Trinajstić information content (AvgIpc) is 3.04. The summed E-state index contributed by atoms with van der Waals surface area (Å²) < 4.78 is 0. The summed E-state index contributed by atoms with van der Waals surface area (Å²) in [5.41, 5.74) is 5.11. The van der Waals surface area contributed by atoms with E-state index in [0.29, 0.717) is 12.8 Å². The Morgan fingerprint density at radius 3 is 1.00 bits per heavy atom. The molecule has 0 aromatic rings. The number of carbonyl (C=O) groups excluding carboxylic acids is 2. The van der Waals surface area contributed by atoms with Gasteiger partial charge in [0, 0.05) is 12.8 Å². The van der Waals surface area contributed by atoms with Gasteiger partial charge in [-0.2, -0.15) is 0 Å². The zero-order valence-electron chi connectivity index (χ0n) is 31.8. The van der Waals surface area contributed by atoms with Gasteiger partial charge in [-0.15, -0.1) is 0 Å². The summed E-state index contributed by atoms with van der Waals surface area (Å²) in [5, 5.41) is 2.87. The van der Waals surface area contributed by atoms with E-state index in [1.807, 2.05) is 6.20 Å². The van der Waals surface area contributed by atoms with Crippen molar-refractivity contribution in [3.8, 4) is 0 Å². The van der Waals surface area contributed by atoms with E-state index in [-0.39, 0.29) is 11.8 Å². The van der Waals surface area contributed by atoms with E-state index in [0.717, 1.165) is 19.3 Å². The van der Waals surface area contributed by atoms with Crippen molar-refractivity contribution in [3.05, 3.63) is 12.3 Å². The molecule has 0 bridgehead atoms. The number of hydrogen-bond acceptors (Lipinski definition) is 2. The molecular weight excluding hydrogens is 564 g/mol. The predicted octanol–water partition coefficient (Wildman–Crippen LogP) is 13.8. The van der Waals surface area contributed by atoms with Crippen molar-refractivity contribution in [2.24, 2.45) is 5.73 Å². The number of primary amides is 1. The Labute approximate surface area is 289 Å². The van der Waals surface area contributed by atoms with Crippen LogP contribution in [-0.4, -0.2) is 11.8 Å². The second-order valence-corrected chi connectivity index (χ2v) is 14.0.